The summed E-state index contributed by atoms with van der Waals surface area (Å²) >= 11 is 10.5. The van der Waals surface area contributed by atoms with E-state index in [4.69, 9.17) is 35.9 Å². The van der Waals surface area contributed by atoms with Crippen molar-refractivity contribution in [2.24, 2.45) is 17.4 Å². The lowest BCUT2D eigenvalue weighted by Gasteiger charge is -2.41. The summed E-state index contributed by atoms with van der Waals surface area (Å²) in [6.07, 6.45) is 3.56. The van der Waals surface area contributed by atoms with Crippen LogP contribution in [0.5, 0.6) is 0 Å². The SMILES string of the molecule is CC(=O)N1CCC(C(C(N)=S)c2ccccc2)CC1.CC(=O)N1CCC(C(N)=S)(c2ccccc2)CC1. The topological polar surface area (TPSA) is 92.7 Å². The maximum absolute atomic E-state index is 11.4. The van der Waals surface area contributed by atoms with Gasteiger partial charge in [0, 0.05) is 51.4 Å². The van der Waals surface area contributed by atoms with Gasteiger partial charge in [0.25, 0.3) is 0 Å². The molecule has 2 saturated heterocycles. The molecule has 2 aliphatic rings. The molecular weight excluding hydrogens is 500 g/mol. The second kappa shape index (κ2) is 13.1. The van der Waals surface area contributed by atoms with Crippen molar-refractivity contribution in [2.45, 2.75) is 50.9 Å². The molecule has 0 saturated carbocycles. The minimum absolute atomic E-state index is 0.125. The first-order chi connectivity index (χ1) is 17.7. The number of carbonyl (C=O) groups is 2. The summed E-state index contributed by atoms with van der Waals surface area (Å²) in [7, 11) is 0. The van der Waals surface area contributed by atoms with E-state index in [9.17, 15) is 9.59 Å². The number of rotatable bonds is 5. The quantitative estimate of drug-likeness (QED) is 0.555. The third-order valence-electron chi connectivity index (χ3n) is 7.78. The van der Waals surface area contributed by atoms with E-state index in [2.05, 4.69) is 24.3 Å². The summed E-state index contributed by atoms with van der Waals surface area (Å²) in [5.41, 5.74) is 14.0. The first-order valence-electron chi connectivity index (χ1n) is 12.9. The predicted octanol–water partition coefficient (Wildman–Crippen LogP) is 4.17. The van der Waals surface area contributed by atoms with Crippen LogP contribution in [0.15, 0.2) is 60.7 Å². The summed E-state index contributed by atoms with van der Waals surface area (Å²) in [4.78, 5) is 27.6. The molecule has 2 aromatic carbocycles. The van der Waals surface area contributed by atoms with Gasteiger partial charge in [0.15, 0.2) is 0 Å². The lowest BCUT2D eigenvalue weighted by Crippen LogP contribution is -2.50. The van der Waals surface area contributed by atoms with Crippen LogP contribution in [-0.2, 0) is 15.0 Å². The summed E-state index contributed by atoms with van der Waals surface area (Å²) in [5, 5.41) is 0. The molecule has 2 heterocycles. The summed E-state index contributed by atoms with van der Waals surface area (Å²) in [5.74, 6) is 0.852. The molecule has 2 fully saturated rings. The lowest BCUT2D eigenvalue weighted by molar-refractivity contribution is -0.131. The number of nitrogens with zero attached hydrogens (tertiary/aromatic N) is 2. The van der Waals surface area contributed by atoms with Gasteiger partial charge >= 0.3 is 0 Å². The van der Waals surface area contributed by atoms with E-state index in [-0.39, 0.29) is 23.1 Å². The molecule has 2 amide bonds. The monoisotopic (exact) mass is 538 g/mol. The van der Waals surface area contributed by atoms with Crippen molar-refractivity contribution in [3.63, 3.8) is 0 Å². The molecular formula is C29H38N4O2S2. The fourth-order valence-corrected chi connectivity index (χ4v) is 6.17. The highest BCUT2D eigenvalue weighted by Crippen LogP contribution is 2.36. The maximum atomic E-state index is 11.4. The van der Waals surface area contributed by atoms with Crippen molar-refractivity contribution >= 4 is 46.2 Å². The van der Waals surface area contributed by atoms with Crippen molar-refractivity contribution in [1.29, 1.82) is 0 Å². The van der Waals surface area contributed by atoms with Gasteiger partial charge in [0.05, 0.1) is 9.98 Å². The van der Waals surface area contributed by atoms with E-state index < -0.39 is 0 Å². The second-order valence-corrected chi connectivity index (χ2v) is 10.9. The fourth-order valence-electron chi connectivity index (χ4n) is 5.51. The van der Waals surface area contributed by atoms with Gasteiger partial charge in [-0.3, -0.25) is 9.59 Å². The largest absolute Gasteiger partial charge is 0.393 e. The highest BCUT2D eigenvalue weighted by atomic mass is 32.1. The van der Waals surface area contributed by atoms with Gasteiger partial charge in [-0.2, -0.15) is 0 Å². The van der Waals surface area contributed by atoms with Gasteiger partial charge in [-0.1, -0.05) is 85.1 Å². The van der Waals surface area contributed by atoms with Gasteiger partial charge in [-0.15, -0.1) is 0 Å². The zero-order valence-corrected chi connectivity index (χ0v) is 23.4. The molecule has 198 valence electrons. The average molecular weight is 539 g/mol. The van der Waals surface area contributed by atoms with Crippen LogP contribution in [0.3, 0.4) is 0 Å². The number of piperidine rings is 2. The normalized spacial score (nSPS) is 18.2. The molecule has 0 aromatic heterocycles. The second-order valence-electron chi connectivity index (χ2n) is 9.95. The Morgan fingerprint density at radius 1 is 0.811 bits per heavy atom. The molecule has 6 nitrogen and oxygen atoms in total. The van der Waals surface area contributed by atoms with Crippen molar-refractivity contribution in [2.75, 3.05) is 26.2 Å². The van der Waals surface area contributed by atoms with Crippen LogP contribution in [0.2, 0.25) is 0 Å². The maximum Gasteiger partial charge on any atom is 0.219 e. The molecule has 4 rings (SSSR count). The molecule has 2 aromatic rings. The number of hydrogen-bond donors (Lipinski definition) is 2. The molecule has 4 N–H and O–H groups in total. The number of amides is 2. The molecule has 37 heavy (non-hydrogen) atoms. The smallest absolute Gasteiger partial charge is 0.219 e. The van der Waals surface area contributed by atoms with Crippen LogP contribution in [0, 0.1) is 5.92 Å². The number of hydrogen-bond acceptors (Lipinski definition) is 4. The highest BCUT2D eigenvalue weighted by molar-refractivity contribution is 7.80. The summed E-state index contributed by atoms with van der Waals surface area (Å²) < 4.78 is 0. The zero-order chi connectivity index (χ0) is 27.0. The Kier molecular flexibility index (Phi) is 10.2. The molecule has 0 spiro atoms. The van der Waals surface area contributed by atoms with Crippen molar-refractivity contribution < 1.29 is 9.59 Å². The van der Waals surface area contributed by atoms with Crippen LogP contribution in [0.4, 0.5) is 0 Å². The molecule has 8 heteroatoms. The van der Waals surface area contributed by atoms with E-state index in [1.165, 1.54) is 11.1 Å². The fraction of sp³-hybridized carbons (Fsp3) is 0.448. The van der Waals surface area contributed by atoms with Crippen LogP contribution >= 0.6 is 24.4 Å². The van der Waals surface area contributed by atoms with Gasteiger partial charge in [-0.25, -0.2) is 0 Å². The van der Waals surface area contributed by atoms with Crippen LogP contribution in [0.25, 0.3) is 0 Å². The number of likely N-dealkylation sites (tertiary alicyclic amines) is 2. The van der Waals surface area contributed by atoms with Gasteiger partial charge < -0.3 is 21.3 Å². The number of thiocarbonyl (C=S) groups is 2. The first kappa shape index (κ1) is 28.7. The van der Waals surface area contributed by atoms with Crippen molar-refractivity contribution in [3.05, 3.63) is 71.8 Å². The summed E-state index contributed by atoms with van der Waals surface area (Å²) in [6.45, 7) is 6.31. The Balaban J connectivity index is 0.000000206. The zero-order valence-electron chi connectivity index (χ0n) is 21.8. The van der Waals surface area contributed by atoms with Crippen LogP contribution < -0.4 is 11.5 Å². The predicted molar refractivity (Wildman–Crippen MR) is 157 cm³/mol. The van der Waals surface area contributed by atoms with E-state index in [0.717, 1.165) is 51.9 Å². The van der Waals surface area contributed by atoms with Gasteiger partial charge in [0.2, 0.25) is 11.8 Å². The third kappa shape index (κ3) is 7.14. The summed E-state index contributed by atoms with van der Waals surface area (Å²) in [6, 6.07) is 20.4. The van der Waals surface area contributed by atoms with E-state index in [1.54, 1.807) is 13.8 Å². The molecule has 0 aliphatic carbocycles. The standard InChI is InChI=1S/C15H20N2OS.C14H18N2OS/c1-11(18)17-9-7-13(8-10-17)14(15(16)19)12-5-3-2-4-6-12;1-11(17)16-9-7-14(8-10-16,13(15)18)12-5-3-2-4-6-12/h2-6,13-14H,7-10H2,1H3,(H2,16,19);2-6H,7-10H2,1H3,(H2,15,18). The third-order valence-corrected chi connectivity index (χ3v) is 8.43. The Morgan fingerprint density at radius 2 is 1.27 bits per heavy atom. The van der Waals surface area contributed by atoms with Crippen LogP contribution in [-0.4, -0.2) is 57.8 Å². The molecule has 1 unspecified atom stereocenters. The highest BCUT2D eigenvalue weighted by Gasteiger charge is 2.39. The van der Waals surface area contributed by atoms with Gasteiger partial charge in [0.1, 0.15) is 0 Å². The van der Waals surface area contributed by atoms with E-state index in [0.29, 0.717) is 15.9 Å². The average Bonchev–Trinajstić information content (AvgIpc) is 2.90. The lowest BCUT2D eigenvalue weighted by atomic mass is 9.72. The van der Waals surface area contributed by atoms with Crippen molar-refractivity contribution in [1.82, 2.24) is 9.80 Å². The Bertz CT molecular complexity index is 1080. The number of carbonyl (C=O) groups excluding carboxylic acids is 2. The minimum Gasteiger partial charge on any atom is -0.393 e. The van der Waals surface area contributed by atoms with Crippen LogP contribution in [0.1, 0.15) is 56.6 Å². The Labute approximate surface area is 231 Å². The Morgan fingerprint density at radius 3 is 1.70 bits per heavy atom. The number of nitrogens with two attached hydrogens (primary N) is 2. The molecule has 0 radical (unpaired) electrons. The molecule has 0 bridgehead atoms. The molecule has 2 aliphatic heterocycles. The minimum atomic E-state index is -0.247. The number of benzene rings is 2. The first-order valence-corrected chi connectivity index (χ1v) is 13.7. The Hall–Kier alpha value is -2.84. The molecule has 1 atom stereocenters. The van der Waals surface area contributed by atoms with E-state index >= 15 is 0 Å². The van der Waals surface area contributed by atoms with E-state index in [1.807, 2.05) is 46.2 Å². The van der Waals surface area contributed by atoms with Gasteiger partial charge in [-0.05, 0) is 42.7 Å². The van der Waals surface area contributed by atoms with Crippen molar-refractivity contribution in [3.8, 4) is 0 Å².